The van der Waals surface area contributed by atoms with Crippen LogP contribution in [-0.4, -0.2) is 21.0 Å². The van der Waals surface area contributed by atoms with Gasteiger partial charge < -0.3 is 5.32 Å². The summed E-state index contributed by atoms with van der Waals surface area (Å²) < 4.78 is 28.0. The summed E-state index contributed by atoms with van der Waals surface area (Å²) in [5.74, 6) is 0. The molecule has 1 fully saturated rings. The molecule has 106 valence electrons. The molecule has 0 spiro atoms. The molecule has 0 amide bonds. The summed E-state index contributed by atoms with van der Waals surface area (Å²) in [5.41, 5.74) is 0.971. The van der Waals surface area contributed by atoms with Crippen LogP contribution in [0.4, 0.5) is 0 Å². The molecule has 0 aliphatic heterocycles. The average Bonchev–Trinajstić information content (AvgIpc) is 2.33. The first-order valence-corrected chi connectivity index (χ1v) is 8.82. The molecule has 0 aromatic heterocycles. The second-order valence-corrected chi connectivity index (χ2v) is 7.33. The highest BCUT2D eigenvalue weighted by Crippen LogP contribution is 2.26. The largest absolute Gasteiger partial charge is 0.313 e. The zero-order valence-corrected chi connectivity index (χ0v) is 13.4. The van der Waals surface area contributed by atoms with E-state index in [1.807, 2.05) is 13.0 Å². The third kappa shape index (κ3) is 3.78. The number of rotatable bonds is 6. The van der Waals surface area contributed by atoms with Crippen molar-refractivity contribution in [3.05, 3.63) is 28.2 Å². The van der Waals surface area contributed by atoms with Gasteiger partial charge >= 0.3 is 0 Å². The van der Waals surface area contributed by atoms with E-state index in [-0.39, 0.29) is 6.04 Å². The van der Waals surface area contributed by atoms with Gasteiger partial charge in [0, 0.05) is 17.1 Å². The third-order valence-electron chi connectivity index (χ3n) is 3.29. The Hall–Kier alpha value is -0.430. The summed E-state index contributed by atoms with van der Waals surface area (Å²) in [4.78, 5) is 0.329. The lowest BCUT2D eigenvalue weighted by atomic mass is 9.94. The Morgan fingerprint density at radius 1 is 1.37 bits per heavy atom. The predicted octanol–water partition coefficient (Wildman–Crippen LogP) is 2.39. The minimum atomic E-state index is -3.42. The van der Waals surface area contributed by atoms with Crippen LogP contribution in [0.1, 0.15) is 31.7 Å². The molecule has 1 aliphatic rings. The molecule has 0 radical (unpaired) electrons. The summed E-state index contributed by atoms with van der Waals surface area (Å²) in [6.07, 6.45) is 2.98. The van der Waals surface area contributed by atoms with E-state index < -0.39 is 10.0 Å². The van der Waals surface area contributed by atoms with Gasteiger partial charge in [-0.2, -0.15) is 0 Å². The first-order chi connectivity index (χ1) is 9.03. The van der Waals surface area contributed by atoms with Gasteiger partial charge in [-0.3, -0.25) is 0 Å². The molecular formula is C13H19BrN2O2S. The number of benzene rings is 1. The van der Waals surface area contributed by atoms with Crippen LogP contribution in [0, 0.1) is 0 Å². The van der Waals surface area contributed by atoms with Crippen LogP contribution >= 0.6 is 15.9 Å². The van der Waals surface area contributed by atoms with Crippen molar-refractivity contribution in [3.8, 4) is 0 Å². The molecule has 0 unspecified atom stereocenters. The van der Waals surface area contributed by atoms with E-state index in [1.54, 1.807) is 12.1 Å². The standard InChI is InChI=1S/C13H19BrN2O2S/c1-2-15-9-10-6-7-12(14)13(8-10)19(17,18)16-11-4-3-5-11/h6-8,11,15-16H,2-5,9H2,1H3. The topological polar surface area (TPSA) is 58.2 Å². The summed E-state index contributed by atoms with van der Waals surface area (Å²) in [7, 11) is -3.42. The van der Waals surface area contributed by atoms with Crippen molar-refractivity contribution >= 4 is 26.0 Å². The SMILES string of the molecule is CCNCc1ccc(Br)c(S(=O)(=O)NC2CCC2)c1. The maximum atomic E-state index is 12.3. The second-order valence-electron chi connectivity index (χ2n) is 4.79. The van der Waals surface area contributed by atoms with Crippen molar-refractivity contribution in [2.75, 3.05) is 6.54 Å². The third-order valence-corrected chi connectivity index (χ3v) is 5.81. The van der Waals surface area contributed by atoms with Crippen LogP contribution in [0.2, 0.25) is 0 Å². The molecule has 0 atom stereocenters. The zero-order valence-electron chi connectivity index (χ0n) is 10.9. The molecule has 2 rings (SSSR count). The van der Waals surface area contributed by atoms with Gasteiger partial charge in [0.15, 0.2) is 0 Å². The Bertz CT molecular complexity index is 542. The van der Waals surface area contributed by atoms with E-state index in [9.17, 15) is 8.42 Å². The lowest BCUT2D eigenvalue weighted by Gasteiger charge is -2.26. The van der Waals surface area contributed by atoms with E-state index >= 15 is 0 Å². The molecule has 19 heavy (non-hydrogen) atoms. The molecule has 6 heteroatoms. The Kier molecular flexibility index (Phi) is 5.00. The van der Waals surface area contributed by atoms with Crippen molar-refractivity contribution in [3.63, 3.8) is 0 Å². The molecular weight excluding hydrogens is 328 g/mol. The number of hydrogen-bond donors (Lipinski definition) is 2. The van der Waals surface area contributed by atoms with Gasteiger partial charge in [-0.1, -0.05) is 19.4 Å². The summed E-state index contributed by atoms with van der Waals surface area (Å²) in [6.45, 7) is 3.56. The highest BCUT2D eigenvalue weighted by Gasteiger charge is 2.26. The predicted molar refractivity (Wildman–Crippen MR) is 79.5 cm³/mol. The normalized spacial score (nSPS) is 16.3. The lowest BCUT2D eigenvalue weighted by Crippen LogP contribution is -2.39. The van der Waals surface area contributed by atoms with Crippen LogP contribution in [0.25, 0.3) is 0 Å². The highest BCUT2D eigenvalue weighted by molar-refractivity contribution is 9.10. The Morgan fingerprint density at radius 2 is 2.11 bits per heavy atom. The monoisotopic (exact) mass is 346 g/mol. The van der Waals surface area contributed by atoms with E-state index in [2.05, 4.69) is 26.0 Å². The van der Waals surface area contributed by atoms with E-state index in [4.69, 9.17) is 0 Å². The molecule has 0 bridgehead atoms. The minimum Gasteiger partial charge on any atom is -0.313 e. The lowest BCUT2D eigenvalue weighted by molar-refractivity contribution is 0.383. The van der Waals surface area contributed by atoms with Crippen molar-refractivity contribution < 1.29 is 8.42 Å². The molecule has 1 aromatic rings. The molecule has 1 aliphatic carbocycles. The van der Waals surface area contributed by atoms with Crippen LogP contribution in [0.3, 0.4) is 0 Å². The van der Waals surface area contributed by atoms with Crippen LogP contribution in [0.5, 0.6) is 0 Å². The number of hydrogen-bond acceptors (Lipinski definition) is 3. The van der Waals surface area contributed by atoms with Crippen LogP contribution in [0.15, 0.2) is 27.6 Å². The van der Waals surface area contributed by atoms with Crippen molar-refractivity contribution in [2.45, 2.75) is 43.7 Å². The molecule has 2 N–H and O–H groups in total. The van der Waals surface area contributed by atoms with Crippen LogP contribution < -0.4 is 10.0 Å². The Morgan fingerprint density at radius 3 is 2.68 bits per heavy atom. The molecule has 1 saturated carbocycles. The molecule has 0 heterocycles. The number of nitrogens with one attached hydrogen (secondary N) is 2. The molecule has 0 saturated heterocycles. The quantitative estimate of drug-likeness (QED) is 0.831. The number of halogens is 1. The maximum Gasteiger partial charge on any atom is 0.241 e. The Labute approximate surface area is 123 Å². The van der Waals surface area contributed by atoms with E-state index in [0.717, 1.165) is 31.4 Å². The van der Waals surface area contributed by atoms with Gasteiger partial charge in [0.1, 0.15) is 0 Å². The molecule has 1 aromatic carbocycles. The summed E-state index contributed by atoms with van der Waals surface area (Å²) >= 11 is 3.32. The van der Waals surface area contributed by atoms with E-state index in [0.29, 0.717) is 15.9 Å². The highest BCUT2D eigenvalue weighted by atomic mass is 79.9. The van der Waals surface area contributed by atoms with Gasteiger partial charge in [-0.25, -0.2) is 13.1 Å². The Balaban J connectivity index is 2.21. The average molecular weight is 347 g/mol. The fourth-order valence-electron chi connectivity index (χ4n) is 1.94. The van der Waals surface area contributed by atoms with Crippen molar-refractivity contribution in [2.24, 2.45) is 0 Å². The van der Waals surface area contributed by atoms with Gasteiger partial charge in [-0.15, -0.1) is 0 Å². The second kappa shape index (κ2) is 6.35. The zero-order chi connectivity index (χ0) is 13.9. The first kappa shape index (κ1) is 15.0. The minimum absolute atomic E-state index is 0.106. The van der Waals surface area contributed by atoms with Gasteiger partial charge in [-0.05, 0) is 53.0 Å². The van der Waals surface area contributed by atoms with Crippen molar-refractivity contribution in [1.29, 1.82) is 0 Å². The van der Waals surface area contributed by atoms with E-state index in [1.165, 1.54) is 0 Å². The maximum absolute atomic E-state index is 12.3. The fraction of sp³-hybridized carbons (Fsp3) is 0.538. The summed E-state index contributed by atoms with van der Waals surface area (Å²) in [5, 5.41) is 3.20. The molecule has 4 nitrogen and oxygen atoms in total. The van der Waals surface area contributed by atoms with Crippen molar-refractivity contribution in [1.82, 2.24) is 10.0 Å². The number of sulfonamides is 1. The van der Waals surface area contributed by atoms with Crippen LogP contribution in [-0.2, 0) is 16.6 Å². The fourth-order valence-corrected chi connectivity index (χ4v) is 4.26. The smallest absolute Gasteiger partial charge is 0.241 e. The summed E-state index contributed by atoms with van der Waals surface area (Å²) in [6, 6.07) is 5.56. The van der Waals surface area contributed by atoms with Gasteiger partial charge in [0.25, 0.3) is 0 Å². The van der Waals surface area contributed by atoms with Gasteiger partial charge in [0.05, 0.1) is 4.90 Å². The first-order valence-electron chi connectivity index (χ1n) is 6.54. The van der Waals surface area contributed by atoms with Gasteiger partial charge in [0.2, 0.25) is 10.0 Å².